The van der Waals surface area contributed by atoms with Crippen molar-refractivity contribution in [2.45, 2.75) is 64.1 Å². The van der Waals surface area contributed by atoms with Gasteiger partial charge >= 0.3 is 0 Å². The van der Waals surface area contributed by atoms with E-state index >= 15 is 0 Å². The van der Waals surface area contributed by atoms with Gasteiger partial charge in [0.25, 0.3) is 0 Å². The van der Waals surface area contributed by atoms with E-state index in [0.29, 0.717) is 36.1 Å². The fraction of sp³-hybridized carbons (Fsp3) is 0.517. The number of hydrogen-bond acceptors (Lipinski definition) is 7. The van der Waals surface area contributed by atoms with Crippen molar-refractivity contribution in [3.8, 4) is 17.2 Å². The first-order valence-corrected chi connectivity index (χ1v) is 15.6. The first-order chi connectivity index (χ1) is 19.2. The van der Waals surface area contributed by atoms with Crippen LogP contribution in [0.1, 0.15) is 51.0 Å². The van der Waals surface area contributed by atoms with Gasteiger partial charge in [0, 0.05) is 31.6 Å². The summed E-state index contributed by atoms with van der Waals surface area (Å²) in [6, 6.07) is 11.8. The van der Waals surface area contributed by atoms with Gasteiger partial charge in [0.2, 0.25) is 21.8 Å². The van der Waals surface area contributed by atoms with E-state index < -0.39 is 16.1 Å². The van der Waals surface area contributed by atoms with Gasteiger partial charge in [-0.15, -0.1) is 0 Å². The number of benzene rings is 2. The molecule has 1 fully saturated rings. The molecular formula is C29H39N3O7S. The van der Waals surface area contributed by atoms with Crippen molar-refractivity contribution in [2.24, 2.45) is 0 Å². The summed E-state index contributed by atoms with van der Waals surface area (Å²) in [7, 11) is -2.04. The van der Waals surface area contributed by atoms with Crippen LogP contribution in [0.2, 0.25) is 0 Å². The first-order valence-electron chi connectivity index (χ1n) is 13.8. The van der Waals surface area contributed by atoms with Gasteiger partial charge < -0.3 is 24.4 Å². The highest BCUT2D eigenvalue weighted by Gasteiger charge is 2.29. The monoisotopic (exact) mass is 573 g/mol. The normalized spacial score (nSPS) is 15.8. The molecule has 1 heterocycles. The molecule has 1 N–H and O–H groups in total. The molecule has 2 amide bonds. The number of ether oxygens (including phenoxy) is 3. The first kappa shape index (κ1) is 29.5. The summed E-state index contributed by atoms with van der Waals surface area (Å²) >= 11 is 0. The lowest BCUT2D eigenvalue weighted by molar-refractivity contribution is -0.141. The molecule has 0 aromatic heterocycles. The lowest BCUT2D eigenvalue weighted by atomic mass is 10.1. The molecule has 4 rings (SSSR count). The maximum atomic E-state index is 13.5. The highest BCUT2D eigenvalue weighted by molar-refractivity contribution is 7.92. The zero-order chi connectivity index (χ0) is 28.7. The van der Waals surface area contributed by atoms with E-state index in [4.69, 9.17) is 14.2 Å². The SMILES string of the molecule is COc1ccc(CN(C(=O)CCCN(c2ccc3c(c2)OCCO3)S(C)(=O)=O)[C@H](C)C(=O)NC2CCCC2)cc1. The zero-order valence-electron chi connectivity index (χ0n) is 23.4. The second-order valence-corrected chi connectivity index (χ2v) is 12.2. The number of anilines is 1. The van der Waals surface area contributed by atoms with Crippen LogP contribution in [-0.4, -0.2) is 70.3 Å². The average Bonchev–Trinajstić information content (AvgIpc) is 3.46. The Labute approximate surface area is 236 Å². The number of hydrogen-bond donors (Lipinski definition) is 1. The predicted molar refractivity (Wildman–Crippen MR) is 152 cm³/mol. The molecule has 2 aliphatic rings. The van der Waals surface area contributed by atoms with Crippen LogP contribution < -0.4 is 23.8 Å². The van der Waals surface area contributed by atoms with Crippen LogP contribution in [0.25, 0.3) is 0 Å². The van der Waals surface area contributed by atoms with Gasteiger partial charge in [-0.1, -0.05) is 25.0 Å². The Hall–Kier alpha value is -3.47. The Kier molecular flexibility index (Phi) is 9.78. The molecule has 0 saturated heterocycles. The highest BCUT2D eigenvalue weighted by Crippen LogP contribution is 2.34. The molecule has 218 valence electrons. The maximum Gasteiger partial charge on any atom is 0.242 e. The Balaban J connectivity index is 1.45. The fourth-order valence-corrected chi connectivity index (χ4v) is 6.05. The average molecular weight is 574 g/mol. The number of methoxy groups -OCH3 is 1. The minimum Gasteiger partial charge on any atom is -0.497 e. The lowest BCUT2D eigenvalue weighted by Gasteiger charge is -2.30. The van der Waals surface area contributed by atoms with Crippen molar-refractivity contribution in [3.05, 3.63) is 48.0 Å². The minimum atomic E-state index is -3.63. The Morgan fingerprint density at radius 1 is 1.05 bits per heavy atom. The van der Waals surface area contributed by atoms with Crippen LogP contribution in [0.15, 0.2) is 42.5 Å². The molecule has 11 heteroatoms. The fourth-order valence-electron chi connectivity index (χ4n) is 5.09. The van der Waals surface area contributed by atoms with Crippen molar-refractivity contribution < 1.29 is 32.2 Å². The van der Waals surface area contributed by atoms with Gasteiger partial charge in [0.15, 0.2) is 11.5 Å². The number of amides is 2. The molecule has 2 aromatic rings. The van der Waals surface area contributed by atoms with E-state index in [-0.39, 0.29) is 43.8 Å². The van der Waals surface area contributed by atoms with Crippen LogP contribution in [0, 0.1) is 0 Å². The molecule has 1 aliphatic heterocycles. The van der Waals surface area contributed by atoms with Crippen LogP contribution in [0.5, 0.6) is 17.2 Å². The van der Waals surface area contributed by atoms with E-state index in [0.717, 1.165) is 37.5 Å². The Morgan fingerprint density at radius 2 is 1.73 bits per heavy atom. The molecule has 0 unspecified atom stereocenters. The molecule has 0 bridgehead atoms. The number of nitrogens with zero attached hydrogens (tertiary/aromatic N) is 2. The van der Waals surface area contributed by atoms with Crippen molar-refractivity contribution in [3.63, 3.8) is 0 Å². The second-order valence-electron chi connectivity index (χ2n) is 10.3. The van der Waals surface area contributed by atoms with Crippen LogP contribution >= 0.6 is 0 Å². The molecule has 2 aromatic carbocycles. The number of rotatable bonds is 12. The van der Waals surface area contributed by atoms with Crippen LogP contribution in [-0.2, 0) is 26.2 Å². The third kappa shape index (κ3) is 7.59. The third-order valence-corrected chi connectivity index (χ3v) is 8.54. The van der Waals surface area contributed by atoms with Gasteiger partial charge in [-0.2, -0.15) is 0 Å². The van der Waals surface area contributed by atoms with Gasteiger partial charge in [-0.25, -0.2) is 8.42 Å². The Bertz CT molecular complexity index is 1280. The standard InChI is InChI=1S/C29H39N3O7S/c1-21(29(34)30-23-7-4-5-8-23)31(20-22-10-13-25(37-2)14-11-22)28(33)9-6-16-32(40(3,35)36)24-12-15-26-27(19-24)39-18-17-38-26/h10-15,19,21,23H,4-9,16-18,20H2,1-3H3,(H,30,34)/t21-/m1/s1. The van der Waals surface area contributed by atoms with Crippen molar-refractivity contribution >= 4 is 27.5 Å². The maximum absolute atomic E-state index is 13.5. The van der Waals surface area contributed by atoms with E-state index in [1.165, 1.54) is 4.31 Å². The van der Waals surface area contributed by atoms with Crippen LogP contribution in [0.3, 0.4) is 0 Å². The van der Waals surface area contributed by atoms with E-state index in [1.54, 1.807) is 37.1 Å². The van der Waals surface area contributed by atoms with Gasteiger partial charge in [0.05, 0.1) is 19.1 Å². The van der Waals surface area contributed by atoms with Crippen molar-refractivity contribution in [1.82, 2.24) is 10.2 Å². The highest BCUT2D eigenvalue weighted by atomic mass is 32.2. The summed E-state index contributed by atoms with van der Waals surface area (Å²) in [4.78, 5) is 28.2. The molecule has 0 radical (unpaired) electrons. The molecule has 1 saturated carbocycles. The summed E-state index contributed by atoms with van der Waals surface area (Å²) in [6.45, 7) is 2.92. The van der Waals surface area contributed by atoms with Crippen molar-refractivity contribution in [2.75, 3.05) is 37.4 Å². The smallest absolute Gasteiger partial charge is 0.242 e. The lowest BCUT2D eigenvalue weighted by Crippen LogP contribution is -2.49. The number of carbonyl (C=O) groups is 2. The van der Waals surface area contributed by atoms with Crippen molar-refractivity contribution in [1.29, 1.82) is 0 Å². The number of sulfonamides is 1. The summed E-state index contributed by atoms with van der Waals surface area (Å²) in [5.41, 5.74) is 1.31. The summed E-state index contributed by atoms with van der Waals surface area (Å²) in [5, 5.41) is 3.10. The Morgan fingerprint density at radius 3 is 2.38 bits per heavy atom. The second kappa shape index (κ2) is 13.3. The van der Waals surface area contributed by atoms with Gasteiger partial charge in [-0.05, 0) is 56.0 Å². The van der Waals surface area contributed by atoms with E-state index in [9.17, 15) is 18.0 Å². The van der Waals surface area contributed by atoms with E-state index in [2.05, 4.69) is 5.32 Å². The molecule has 1 atom stereocenters. The van der Waals surface area contributed by atoms with Crippen LogP contribution in [0.4, 0.5) is 5.69 Å². The largest absolute Gasteiger partial charge is 0.497 e. The molecule has 40 heavy (non-hydrogen) atoms. The predicted octanol–water partition coefficient (Wildman–Crippen LogP) is 3.49. The van der Waals surface area contributed by atoms with E-state index in [1.807, 2.05) is 24.3 Å². The minimum absolute atomic E-state index is 0.0772. The zero-order valence-corrected chi connectivity index (χ0v) is 24.2. The quantitative estimate of drug-likeness (QED) is 0.413. The number of carbonyl (C=O) groups excluding carboxylic acids is 2. The van der Waals surface area contributed by atoms with Gasteiger partial charge in [-0.3, -0.25) is 13.9 Å². The molecule has 0 spiro atoms. The summed E-state index contributed by atoms with van der Waals surface area (Å²) < 4.78 is 43.0. The summed E-state index contributed by atoms with van der Waals surface area (Å²) in [5.74, 6) is 1.36. The topological polar surface area (TPSA) is 114 Å². The molecule has 10 nitrogen and oxygen atoms in total. The molecule has 1 aliphatic carbocycles. The third-order valence-electron chi connectivity index (χ3n) is 7.35. The number of nitrogens with one attached hydrogen (secondary N) is 1. The number of fused-ring (bicyclic) bond motifs is 1. The summed E-state index contributed by atoms with van der Waals surface area (Å²) in [6.07, 6.45) is 5.57. The molecular weight excluding hydrogens is 534 g/mol. The van der Waals surface area contributed by atoms with Gasteiger partial charge in [0.1, 0.15) is 25.0 Å².